The van der Waals surface area contributed by atoms with Gasteiger partial charge in [0.1, 0.15) is 5.82 Å². The molecule has 1 aromatic rings. The van der Waals surface area contributed by atoms with E-state index in [0.717, 1.165) is 0 Å². The SMILES string of the molecule is O=C1CCN(c2ccccc2F)N1CCO. The number of amides is 1. The number of hydrazine groups is 1. The van der Waals surface area contributed by atoms with Gasteiger partial charge in [-0.2, -0.15) is 0 Å². The molecule has 2 rings (SSSR count). The van der Waals surface area contributed by atoms with Crippen molar-refractivity contribution < 1.29 is 14.3 Å². The maximum atomic E-state index is 13.5. The minimum atomic E-state index is -0.361. The average molecular weight is 224 g/mol. The topological polar surface area (TPSA) is 43.8 Å². The van der Waals surface area contributed by atoms with E-state index < -0.39 is 0 Å². The Hall–Kier alpha value is -1.62. The van der Waals surface area contributed by atoms with Crippen LogP contribution in [-0.4, -0.2) is 35.7 Å². The molecule has 0 atom stereocenters. The summed E-state index contributed by atoms with van der Waals surface area (Å²) in [6.07, 6.45) is 0.355. The Kier molecular flexibility index (Phi) is 3.05. The molecule has 1 aliphatic heterocycles. The van der Waals surface area contributed by atoms with E-state index in [1.807, 2.05) is 0 Å². The van der Waals surface area contributed by atoms with Crippen LogP contribution in [0.5, 0.6) is 0 Å². The zero-order valence-corrected chi connectivity index (χ0v) is 8.77. The minimum absolute atomic E-state index is 0.0858. The van der Waals surface area contributed by atoms with Gasteiger partial charge in [-0.15, -0.1) is 0 Å². The number of β-amino-alcohol motifs (C(OH)–C–C–N with tert-alkyl or cyclic N) is 1. The Balaban J connectivity index is 2.27. The number of nitrogens with zero attached hydrogens (tertiary/aromatic N) is 2. The van der Waals surface area contributed by atoms with Crippen molar-refractivity contribution in [3.05, 3.63) is 30.1 Å². The summed E-state index contributed by atoms with van der Waals surface area (Å²) < 4.78 is 13.5. The highest BCUT2D eigenvalue weighted by molar-refractivity contribution is 5.81. The van der Waals surface area contributed by atoms with Crippen LogP contribution in [-0.2, 0) is 4.79 Å². The van der Waals surface area contributed by atoms with Crippen molar-refractivity contribution in [2.24, 2.45) is 0 Å². The van der Waals surface area contributed by atoms with Crippen molar-refractivity contribution in [2.45, 2.75) is 6.42 Å². The summed E-state index contributed by atoms with van der Waals surface area (Å²) >= 11 is 0. The molecule has 0 aliphatic carbocycles. The largest absolute Gasteiger partial charge is 0.394 e. The summed E-state index contributed by atoms with van der Waals surface area (Å²) in [5, 5.41) is 11.8. The molecule has 1 fully saturated rings. The molecular weight excluding hydrogens is 211 g/mol. The van der Waals surface area contributed by atoms with Crippen molar-refractivity contribution in [3.8, 4) is 0 Å². The lowest BCUT2D eigenvalue weighted by molar-refractivity contribution is -0.128. The summed E-state index contributed by atoms with van der Waals surface area (Å²) in [6, 6.07) is 6.30. The summed E-state index contributed by atoms with van der Waals surface area (Å²) in [7, 11) is 0. The lowest BCUT2D eigenvalue weighted by atomic mass is 10.3. The molecule has 0 spiro atoms. The fraction of sp³-hybridized carbons (Fsp3) is 0.364. The number of para-hydroxylation sites is 1. The van der Waals surface area contributed by atoms with E-state index in [9.17, 15) is 9.18 Å². The minimum Gasteiger partial charge on any atom is -0.394 e. The van der Waals surface area contributed by atoms with Crippen LogP contribution < -0.4 is 5.01 Å². The second kappa shape index (κ2) is 4.49. The van der Waals surface area contributed by atoms with Gasteiger partial charge in [0.05, 0.1) is 18.8 Å². The van der Waals surface area contributed by atoms with Crippen LogP contribution in [0.25, 0.3) is 0 Å². The molecule has 1 amide bonds. The number of hydrogen-bond donors (Lipinski definition) is 1. The van der Waals surface area contributed by atoms with Gasteiger partial charge in [0, 0.05) is 13.0 Å². The molecular formula is C11H13FN2O2. The Bertz CT molecular complexity index is 397. The molecule has 1 aromatic carbocycles. The van der Waals surface area contributed by atoms with Crippen molar-refractivity contribution in [2.75, 3.05) is 24.7 Å². The van der Waals surface area contributed by atoms with Gasteiger partial charge in [-0.25, -0.2) is 4.39 Å². The van der Waals surface area contributed by atoms with E-state index >= 15 is 0 Å². The third-order valence-electron chi connectivity index (χ3n) is 2.56. The Labute approximate surface area is 92.9 Å². The Morgan fingerprint density at radius 2 is 2.12 bits per heavy atom. The monoisotopic (exact) mass is 224 g/mol. The van der Waals surface area contributed by atoms with Crippen LogP contribution in [0.1, 0.15) is 6.42 Å². The van der Waals surface area contributed by atoms with E-state index in [2.05, 4.69) is 0 Å². The van der Waals surface area contributed by atoms with Gasteiger partial charge in [-0.05, 0) is 12.1 Å². The molecule has 86 valence electrons. The van der Waals surface area contributed by atoms with Gasteiger partial charge in [0.25, 0.3) is 0 Å². The quantitative estimate of drug-likeness (QED) is 0.824. The van der Waals surface area contributed by atoms with Crippen molar-refractivity contribution in [1.82, 2.24) is 5.01 Å². The van der Waals surface area contributed by atoms with Crippen LogP contribution >= 0.6 is 0 Å². The Morgan fingerprint density at radius 1 is 1.38 bits per heavy atom. The van der Waals surface area contributed by atoms with Crippen molar-refractivity contribution >= 4 is 11.6 Å². The van der Waals surface area contributed by atoms with Crippen LogP contribution in [0.3, 0.4) is 0 Å². The van der Waals surface area contributed by atoms with E-state index in [-0.39, 0.29) is 24.9 Å². The summed E-state index contributed by atoms with van der Waals surface area (Å²) in [6.45, 7) is 0.531. The van der Waals surface area contributed by atoms with Gasteiger partial charge in [-0.3, -0.25) is 14.8 Å². The number of halogens is 1. The fourth-order valence-electron chi connectivity index (χ4n) is 1.84. The van der Waals surface area contributed by atoms with Crippen molar-refractivity contribution in [1.29, 1.82) is 0 Å². The summed E-state index contributed by atoms with van der Waals surface area (Å²) in [5.41, 5.74) is 0.377. The highest BCUT2D eigenvalue weighted by atomic mass is 19.1. The standard InChI is InChI=1S/C11H13FN2O2/c12-9-3-1-2-4-10(9)13-6-5-11(16)14(13)7-8-15/h1-4,15H,5-8H2. The van der Waals surface area contributed by atoms with Crippen LogP contribution in [0.2, 0.25) is 0 Å². The maximum Gasteiger partial charge on any atom is 0.243 e. The lowest BCUT2D eigenvalue weighted by Gasteiger charge is -2.29. The Morgan fingerprint density at radius 3 is 2.81 bits per heavy atom. The number of rotatable bonds is 3. The third kappa shape index (κ3) is 1.86. The molecule has 0 aromatic heterocycles. The normalized spacial score (nSPS) is 16.0. The second-order valence-electron chi connectivity index (χ2n) is 3.57. The number of benzene rings is 1. The molecule has 1 N–H and O–H groups in total. The van der Waals surface area contributed by atoms with Gasteiger partial charge in [-0.1, -0.05) is 12.1 Å². The first-order valence-corrected chi connectivity index (χ1v) is 5.17. The summed E-state index contributed by atoms with van der Waals surface area (Å²) in [4.78, 5) is 11.5. The van der Waals surface area contributed by atoms with Crippen molar-refractivity contribution in [3.63, 3.8) is 0 Å². The summed E-state index contributed by atoms with van der Waals surface area (Å²) in [5.74, 6) is -0.447. The first-order chi connectivity index (χ1) is 7.74. The number of aliphatic hydroxyl groups excluding tert-OH is 1. The van der Waals surface area contributed by atoms with Gasteiger partial charge >= 0.3 is 0 Å². The number of hydrogen-bond acceptors (Lipinski definition) is 3. The molecule has 0 saturated carbocycles. The molecule has 1 saturated heterocycles. The second-order valence-corrected chi connectivity index (χ2v) is 3.57. The number of anilines is 1. The highest BCUT2D eigenvalue weighted by Gasteiger charge is 2.29. The van der Waals surface area contributed by atoms with Crippen LogP contribution in [0, 0.1) is 5.82 Å². The predicted molar refractivity (Wildman–Crippen MR) is 57.2 cm³/mol. The molecule has 1 aliphatic rings. The molecule has 0 bridgehead atoms. The van der Waals surface area contributed by atoms with E-state index in [1.54, 1.807) is 23.2 Å². The first kappa shape index (κ1) is 10.9. The predicted octanol–water partition coefficient (Wildman–Crippen LogP) is 0.772. The van der Waals surface area contributed by atoms with Gasteiger partial charge in [0.2, 0.25) is 5.91 Å². The molecule has 0 unspecified atom stereocenters. The smallest absolute Gasteiger partial charge is 0.243 e. The molecule has 1 heterocycles. The van der Waals surface area contributed by atoms with E-state index in [0.29, 0.717) is 18.7 Å². The lowest BCUT2D eigenvalue weighted by Crippen LogP contribution is -2.41. The molecule has 4 nitrogen and oxygen atoms in total. The third-order valence-corrected chi connectivity index (χ3v) is 2.56. The molecule has 16 heavy (non-hydrogen) atoms. The number of carbonyl (C=O) groups is 1. The number of carbonyl (C=O) groups excluding carboxylic acids is 1. The zero-order chi connectivity index (χ0) is 11.5. The molecule has 5 heteroatoms. The van der Waals surface area contributed by atoms with Crippen LogP contribution in [0.4, 0.5) is 10.1 Å². The van der Waals surface area contributed by atoms with E-state index in [4.69, 9.17) is 5.11 Å². The number of aliphatic hydroxyl groups is 1. The highest BCUT2D eigenvalue weighted by Crippen LogP contribution is 2.24. The maximum absolute atomic E-state index is 13.5. The van der Waals surface area contributed by atoms with Crippen LogP contribution in [0.15, 0.2) is 24.3 Å². The molecule has 0 radical (unpaired) electrons. The average Bonchev–Trinajstić information content (AvgIpc) is 2.62. The van der Waals surface area contributed by atoms with Gasteiger partial charge < -0.3 is 5.11 Å². The first-order valence-electron chi connectivity index (χ1n) is 5.17. The van der Waals surface area contributed by atoms with E-state index in [1.165, 1.54) is 11.1 Å². The zero-order valence-electron chi connectivity index (χ0n) is 8.77. The van der Waals surface area contributed by atoms with Gasteiger partial charge in [0.15, 0.2) is 0 Å². The fourth-order valence-corrected chi connectivity index (χ4v) is 1.84.